The minimum atomic E-state index is 0.406. The van der Waals surface area contributed by atoms with Crippen LogP contribution in [0.25, 0.3) is 0 Å². The number of hydrogen-bond donors (Lipinski definition) is 1. The maximum absolute atomic E-state index is 5.81. The summed E-state index contributed by atoms with van der Waals surface area (Å²) in [6.45, 7) is 0.902. The average molecular weight is 237 g/mol. The average Bonchev–Trinajstić information content (AvgIpc) is 2.42. The van der Waals surface area contributed by atoms with Gasteiger partial charge in [-0.2, -0.15) is 0 Å². The van der Waals surface area contributed by atoms with Crippen LogP contribution in [-0.4, -0.2) is 6.61 Å². The zero-order valence-electron chi connectivity index (χ0n) is 10.1. The van der Waals surface area contributed by atoms with Crippen molar-refractivity contribution in [2.24, 2.45) is 0 Å². The fraction of sp³-hybridized carbons (Fsp3) is 0.125. The number of hydrogen-bond acceptors (Lipinski definition) is 2. The molecule has 0 heterocycles. The third-order valence-corrected chi connectivity index (χ3v) is 2.49. The first-order valence-corrected chi connectivity index (χ1v) is 5.81. The van der Waals surface area contributed by atoms with Gasteiger partial charge in [-0.15, -0.1) is 0 Å². The largest absolute Gasteiger partial charge is 0.398 e. The molecule has 0 unspecified atom stereocenters. The van der Waals surface area contributed by atoms with Crippen molar-refractivity contribution < 1.29 is 4.74 Å². The van der Waals surface area contributed by atoms with E-state index in [0.717, 1.165) is 16.8 Å². The van der Waals surface area contributed by atoms with Gasteiger partial charge < -0.3 is 10.5 Å². The Hall–Kier alpha value is -2.24. The third-order valence-electron chi connectivity index (χ3n) is 2.49. The molecule has 0 radical (unpaired) electrons. The molecule has 90 valence electrons. The number of ether oxygens (including phenoxy) is 1. The van der Waals surface area contributed by atoms with Gasteiger partial charge in [0.2, 0.25) is 0 Å². The molecule has 18 heavy (non-hydrogen) atoms. The molecular weight excluding hydrogens is 222 g/mol. The Bertz CT molecular complexity index is 552. The minimum absolute atomic E-state index is 0.406. The van der Waals surface area contributed by atoms with E-state index >= 15 is 0 Å². The Morgan fingerprint density at radius 3 is 2.44 bits per heavy atom. The first kappa shape index (κ1) is 12.2. The van der Waals surface area contributed by atoms with Crippen LogP contribution in [-0.2, 0) is 11.3 Å². The van der Waals surface area contributed by atoms with Crippen LogP contribution in [0.1, 0.15) is 11.1 Å². The minimum Gasteiger partial charge on any atom is -0.398 e. The first-order valence-electron chi connectivity index (χ1n) is 5.81. The Balaban J connectivity index is 1.81. The summed E-state index contributed by atoms with van der Waals surface area (Å²) in [4.78, 5) is 0. The molecule has 2 heteroatoms. The molecule has 2 aromatic carbocycles. The molecular formula is C16H15NO. The van der Waals surface area contributed by atoms with Gasteiger partial charge in [-0.3, -0.25) is 0 Å². The zero-order valence-corrected chi connectivity index (χ0v) is 10.1. The third kappa shape index (κ3) is 3.65. The van der Waals surface area contributed by atoms with Crippen LogP contribution >= 0.6 is 0 Å². The highest BCUT2D eigenvalue weighted by Crippen LogP contribution is 2.11. The number of rotatable bonds is 3. The second-order valence-electron chi connectivity index (χ2n) is 3.86. The normalized spacial score (nSPS) is 9.56. The van der Waals surface area contributed by atoms with Crippen LogP contribution in [0.2, 0.25) is 0 Å². The number of anilines is 1. The van der Waals surface area contributed by atoms with E-state index in [-0.39, 0.29) is 0 Å². The SMILES string of the molecule is Nc1ccccc1COCC#Cc1ccccc1. The maximum atomic E-state index is 5.81. The lowest BCUT2D eigenvalue weighted by Gasteiger charge is -2.03. The van der Waals surface area contributed by atoms with E-state index in [4.69, 9.17) is 10.5 Å². The van der Waals surface area contributed by atoms with Gasteiger partial charge >= 0.3 is 0 Å². The summed E-state index contributed by atoms with van der Waals surface area (Å²) >= 11 is 0. The summed E-state index contributed by atoms with van der Waals surface area (Å²) in [6, 6.07) is 17.5. The smallest absolute Gasteiger partial charge is 0.108 e. The van der Waals surface area contributed by atoms with Gasteiger partial charge in [-0.25, -0.2) is 0 Å². The second kappa shape index (κ2) is 6.48. The topological polar surface area (TPSA) is 35.2 Å². The van der Waals surface area contributed by atoms with E-state index < -0.39 is 0 Å². The number of para-hydroxylation sites is 1. The Labute approximate surface area is 107 Å². The lowest BCUT2D eigenvalue weighted by molar-refractivity contribution is 0.154. The van der Waals surface area contributed by atoms with Crippen molar-refractivity contribution in [2.45, 2.75) is 6.61 Å². The molecule has 0 aromatic heterocycles. The van der Waals surface area contributed by atoms with Gasteiger partial charge in [0.1, 0.15) is 6.61 Å². The van der Waals surface area contributed by atoms with E-state index in [0.29, 0.717) is 13.2 Å². The monoisotopic (exact) mass is 237 g/mol. The van der Waals surface area contributed by atoms with E-state index in [2.05, 4.69) is 11.8 Å². The standard InChI is InChI=1S/C16H15NO/c17-16-11-5-4-10-15(16)13-18-12-6-9-14-7-2-1-3-8-14/h1-5,7-8,10-11H,12-13,17H2. The summed E-state index contributed by atoms with van der Waals surface area (Å²) < 4.78 is 5.47. The fourth-order valence-corrected chi connectivity index (χ4v) is 1.54. The van der Waals surface area contributed by atoms with Gasteiger partial charge in [0.15, 0.2) is 0 Å². The summed E-state index contributed by atoms with van der Waals surface area (Å²) in [5.41, 5.74) is 8.57. The van der Waals surface area contributed by atoms with Crippen LogP contribution in [0.5, 0.6) is 0 Å². The van der Waals surface area contributed by atoms with Crippen LogP contribution in [0.15, 0.2) is 54.6 Å². The highest BCUT2D eigenvalue weighted by molar-refractivity contribution is 5.45. The van der Waals surface area contributed by atoms with Gasteiger partial charge in [0, 0.05) is 16.8 Å². The molecule has 0 aliphatic heterocycles. The lowest BCUT2D eigenvalue weighted by Crippen LogP contribution is -1.97. The van der Waals surface area contributed by atoms with Crippen molar-refractivity contribution in [3.05, 3.63) is 65.7 Å². The molecule has 2 nitrogen and oxygen atoms in total. The Morgan fingerprint density at radius 1 is 0.944 bits per heavy atom. The zero-order chi connectivity index (χ0) is 12.6. The van der Waals surface area contributed by atoms with Crippen LogP contribution in [0.4, 0.5) is 5.69 Å². The fourth-order valence-electron chi connectivity index (χ4n) is 1.54. The van der Waals surface area contributed by atoms with E-state index in [1.807, 2.05) is 54.6 Å². The highest BCUT2D eigenvalue weighted by Gasteiger charge is 1.95. The van der Waals surface area contributed by atoms with Gasteiger partial charge in [0.05, 0.1) is 6.61 Å². The van der Waals surface area contributed by atoms with Crippen molar-refractivity contribution in [1.82, 2.24) is 0 Å². The van der Waals surface area contributed by atoms with E-state index in [1.165, 1.54) is 0 Å². The molecule has 0 amide bonds. The summed E-state index contributed by atoms with van der Waals surface area (Å²) in [5, 5.41) is 0. The number of benzene rings is 2. The predicted octanol–water partition coefficient (Wildman–Crippen LogP) is 2.84. The van der Waals surface area contributed by atoms with Gasteiger partial charge in [-0.1, -0.05) is 48.2 Å². The summed E-state index contributed by atoms with van der Waals surface area (Å²) in [7, 11) is 0. The quantitative estimate of drug-likeness (QED) is 0.506. The summed E-state index contributed by atoms with van der Waals surface area (Å²) in [5.74, 6) is 6.02. The molecule has 2 N–H and O–H groups in total. The Morgan fingerprint density at radius 2 is 1.67 bits per heavy atom. The van der Waals surface area contributed by atoms with Crippen molar-refractivity contribution in [3.63, 3.8) is 0 Å². The molecule has 2 rings (SSSR count). The Kier molecular flexibility index (Phi) is 4.40. The van der Waals surface area contributed by atoms with Crippen LogP contribution in [0, 0.1) is 11.8 Å². The predicted molar refractivity (Wildman–Crippen MR) is 73.8 cm³/mol. The number of nitrogens with two attached hydrogens (primary N) is 1. The molecule has 0 aliphatic rings. The van der Waals surface area contributed by atoms with E-state index in [9.17, 15) is 0 Å². The van der Waals surface area contributed by atoms with Gasteiger partial charge in [-0.05, 0) is 18.2 Å². The summed E-state index contributed by atoms with van der Waals surface area (Å²) in [6.07, 6.45) is 0. The number of nitrogen functional groups attached to an aromatic ring is 1. The van der Waals surface area contributed by atoms with Crippen LogP contribution < -0.4 is 5.73 Å². The van der Waals surface area contributed by atoms with Crippen molar-refractivity contribution in [2.75, 3.05) is 12.3 Å². The molecule has 0 bridgehead atoms. The molecule has 2 aromatic rings. The highest BCUT2D eigenvalue weighted by atomic mass is 16.5. The molecule has 0 fully saturated rings. The van der Waals surface area contributed by atoms with E-state index in [1.54, 1.807) is 0 Å². The van der Waals surface area contributed by atoms with Crippen molar-refractivity contribution >= 4 is 5.69 Å². The molecule has 0 spiro atoms. The second-order valence-corrected chi connectivity index (χ2v) is 3.86. The molecule has 0 aliphatic carbocycles. The maximum Gasteiger partial charge on any atom is 0.108 e. The van der Waals surface area contributed by atoms with Gasteiger partial charge in [0.25, 0.3) is 0 Å². The molecule has 0 saturated heterocycles. The van der Waals surface area contributed by atoms with Crippen molar-refractivity contribution in [3.8, 4) is 11.8 Å². The molecule has 0 atom stereocenters. The molecule has 0 saturated carbocycles. The first-order chi connectivity index (χ1) is 8.86. The van der Waals surface area contributed by atoms with Crippen molar-refractivity contribution in [1.29, 1.82) is 0 Å². The van der Waals surface area contributed by atoms with Crippen LogP contribution in [0.3, 0.4) is 0 Å². The lowest BCUT2D eigenvalue weighted by atomic mass is 10.2.